The van der Waals surface area contributed by atoms with Crippen LogP contribution in [0.5, 0.6) is 5.75 Å². The van der Waals surface area contributed by atoms with Crippen molar-refractivity contribution in [2.24, 2.45) is 0 Å². The highest BCUT2D eigenvalue weighted by Crippen LogP contribution is 2.35. The Morgan fingerprint density at radius 3 is 2.41 bits per heavy atom. The van der Waals surface area contributed by atoms with Gasteiger partial charge in [0.05, 0.1) is 11.2 Å². The predicted octanol–water partition coefficient (Wildman–Crippen LogP) is 4.11. The summed E-state index contributed by atoms with van der Waals surface area (Å²) in [4.78, 5) is 20.7. The molecule has 1 fully saturated rings. The predicted molar refractivity (Wildman–Crippen MR) is 136 cm³/mol. The number of rotatable bonds is 7. The largest absolute Gasteiger partial charge is 0.484 e. The van der Waals surface area contributed by atoms with E-state index >= 15 is 0 Å². The Morgan fingerprint density at radius 1 is 0.973 bits per heavy atom. The van der Waals surface area contributed by atoms with E-state index in [-0.39, 0.29) is 34.2 Å². The molecule has 0 saturated carbocycles. The van der Waals surface area contributed by atoms with Crippen molar-refractivity contribution in [1.82, 2.24) is 9.88 Å². The Bertz CT molecular complexity index is 1490. The average Bonchev–Trinajstić information content (AvgIpc) is 3.59. The fourth-order valence-electron chi connectivity index (χ4n) is 4.11. The third-order valence-corrected chi connectivity index (χ3v) is 7.84. The van der Waals surface area contributed by atoms with Gasteiger partial charge in [-0.3, -0.25) is 4.79 Å². The number of hydrogen-bond donors (Lipinski definition) is 0. The number of hydrogen-bond acceptors (Lipinski definition) is 8. The number of nitrogens with zero attached hydrogens (tertiary/aromatic N) is 3. The summed E-state index contributed by atoms with van der Waals surface area (Å²) in [6, 6.07) is 17.5. The summed E-state index contributed by atoms with van der Waals surface area (Å²) in [5.41, 5.74) is 2.00. The molecule has 1 saturated heterocycles. The van der Waals surface area contributed by atoms with Gasteiger partial charge in [0.2, 0.25) is 20.7 Å². The van der Waals surface area contributed by atoms with Crippen LogP contribution in [0.3, 0.4) is 0 Å². The first kappa shape index (κ1) is 24.6. The minimum atomic E-state index is -3.97. The molecule has 1 aliphatic heterocycles. The normalized spacial score (nSPS) is 14.1. The number of aromatic nitrogens is 1. The molecule has 0 aliphatic carbocycles. The zero-order valence-electron chi connectivity index (χ0n) is 20.6. The van der Waals surface area contributed by atoms with Crippen molar-refractivity contribution in [2.45, 2.75) is 23.8 Å². The van der Waals surface area contributed by atoms with E-state index in [0.29, 0.717) is 37.7 Å². The van der Waals surface area contributed by atoms with E-state index in [1.165, 1.54) is 6.26 Å². The topological polar surface area (TPSA) is 106 Å². The Morgan fingerprint density at radius 2 is 1.73 bits per heavy atom. The highest BCUT2D eigenvalue weighted by Gasteiger charge is 2.34. The van der Waals surface area contributed by atoms with Gasteiger partial charge in [-0.25, -0.2) is 8.42 Å². The van der Waals surface area contributed by atoms with Crippen molar-refractivity contribution in [3.8, 4) is 17.4 Å². The van der Waals surface area contributed by atoms with E-state index in [1.54, 1.807) is 46.2 Å². The zero-order valence-corrected chi connectivity index (χ0v) is 21.4. The van der Waals surface area contributed by atoms with Crippen LogP contribution < -0.4 is 9.64 Å². The van der Waals surface area contributed by atoms with Gasteiger partial charge in [0.1, 0.15) is 5.75 Å². The lowest BCUT2D eigenvalue weighted by atomic mass is 10.2. The minimum Gasteiger partial charge on any atom is -0.484 e. The smallest absolute Gasteiger partial charge is 0.266 e. The van der Waals surface area contributed by atoms with Crippen molar-refractivity contribution in [3.63, 3.8) is 0 Å². The average molecular weight is 522 g/mol. The second kappa shape index (κ2) is 10.1. The number of benzene rings is 2. The number of anilines is 1. The summed E-state index contributed by atoms with van der Waals surface area (Å²) < 4.78 is 44.1. The van der Waals surface area contributed by atoms with E-state index in [4.69, 9.17) is 13.6 Å². The SMILES string of the molecule is Cc1ccc(S(=O)(=O)c2nc(-c3ccco3)oc2N2CCN(C(=O)COc3cccc(C)c3)CC2)cc1. The molecule has 0 spiro atoms. The molecule has 2 aromatic carbocycles. The number of sulfone groups is 1. The van der Waals surface area contributed by atoms with Crippen LogP contribution in [0.2, 0.25) is 0 Å². The summed E-state index contributed by atoms with van der Waals surface area (Å²) >= 11 is 0. The number of ether oxygens (including phenoxy) is 1. The van der Waals surface area contributed by atoms with Gasteiger partial charge < -0.3 is 23.4 Å². The molecule has 0 atom stereocenters. The van der Waals surface area contributed by atoms with Crippen molar-refractivity contribution in [3.05, 3.63) is 78.1 Å². The summed E-state index contributed by atoms with van der Waals surface area (Å²) in [7, 11) is -3.97. The standard InChI is InChI=1S/C27H27N3O6S/c1-19-8-10-22(11-9-19)37(32,33)26-27(36-25(28-26)23-7-4-16-34-23)30-14-12-29(13-15-30)24(31)18-35-21-6-3-5-20(2)17-21/h3-11,16-17H,12-15,18H2,1-2H3. The van der Waals surface area contributed by atoms with Gasteiger partial charge in [-0.15, -0.1) is 0 Å². The van der Waals surface area contributed by atoms with Crippen molar-refractivity contribution in [1.29, 1.82) is 0 Å². The van der Waals surface area contributed by atoms with E-state index < -0.39 is 9.84 Å². The molecule has 192 valence electrons. The van der Waals surface area contributed by atoms with Gasteiger partial charge in [0, 0.05) is 26.2 Å². The van der Waals surface area contributed by atoms with Crippen LogP contribution in [0.1, 0.15) is 11.1 Å². The first-order valence-electron chi connectivity index (χ1n) is 11.9. The van der Waals surface area contributed by atoms with Crippen LogP contribution in [0.25, 0.3) is 11.7 Å². The molecule has 0 unspecified atom stereocenters. The number of amides is 1. The van der Waals surface area contributed by atoms with Crippen LogP contribution in [-0.2, 0) is 14.6 Å². The zero-order chi connectivity index (χ0) is 26.0. The Kier molecular flexibility index (Phi) is 6.75. The van der Waals surface area contributed by atoms with E-state index in [0.717, 1.165) is 11.1 Å². The molecule has 10 heteroatoms. The van der Waals surface area contributed by atoms with E-state index in [2.05, 4.69) is 4.98 Å². The van der Waals surface area contributed by atoms with E-state index in [9.17, 15) is 13.2 Å². The molecule has 5 rings (SSSR count). The Balaban J connectivity index is 1.34. The van der Waals surface area contributed by atoms with Crippen LogP contribution in [0, 0.1) is 13.8 Å². The second-order valence-corrected chi connectivity index (χ2v) is 10.8. The van der Waals surface area contributed by atoms with Crippen LogP contribution in [-0.4, -0.2) is 57.0 Å². The number of carbonyl (C=O) groups excluding carboxylic acids is 1. The molecule has 3 heterocycles. The molecule has 2 aromatic heterocycles. The lowest BCUT2D eigenvalue weighted by molar-refractivity contribution is -0.133. The number of carbonyl (C=O) groups is 1. The molecule has 0 N–H and O–H groups in total. The van der Waals surface area contributed by atoms with Crippen LogP contribution in [0.4, 0.5) is 5.88 Å². The quantitative estimate of drug-likeness (QED) is 0.358. The molecular weight excluding hydrogens is 494 g/mol. The molecule has 1 aliphatic rings. The second-order valence-electron chi connectivity index (χ2n) is 8.90. The number of oxazole rings is 1. The van der Waals surface area contributed by atoms with Gasteiger partial charge in [-0.2, -0.15) is 4.98 Å². The molecule has 1 amide bonds. The Labute approximate surface area is 215 Å². The third kappa shape index (κ3) is 5.24. The molecular formula is C27H27N3O6S. The fourth-order valence-corrected chi connectivity index (χ4v) is 5.43. The summed E-state index contributed by atoms with van der Waals surface area (Å²) in [6.07, 6.45) is 1.47. The van der Waals surface area contributed by atoms with Gasteiger partial charge in [0.15, 0.2) is 12.4 Å². The minimum absolute atomic E-state index is 0.0680. The van der Waals surface area contributed by atoms with Gasteiger partial charge in [-0.1, -0.05) is 29.8 Å². The van der Waals surface area contributed by atoms with Gasteiger partial charge >= 0.3 is 0 Å². The lowest BCUT2D eigenvalue weighted by Gasteiger charge is -2.34. The number of aryl methyl sites for hydroxylation is 2. The first-order chi connectivity index (χ1) is 17.8. The summed E-state index contributed by atoms with van der Waals surface area (Å²) in [5.74, 6) is 1.05. The monoisotopic (exact) mass is 521 g/mol. The Hall–Kier alpha value is -4.05. The number of furan rings is 1. The van der Waals surface area contributed by atoms with Gasteiger partial charge in [0.25, 0.3) is 11.8 Å². The third-order valence-electron chi connectivity index (χ3n) is 6.17. The molecule has 37 heavy (non-hydrogen) atoms. The highest BCUT2D eigenvalue weighted by atomic mass is 32.2. The summed E-state index contributed by atoms with van der Waals surface area (Å²) in [6.45, 7) is 5.30. The van der Waals surface area contributed by atoms with Crippen LogP contribution in [0.15, 0.2) is 85.7 Å². The maximum atomic E-state index is 13.5. The maximum Gasteiger partial charge on any atom is 0.266 e. The molecule has 0 bridgehead atoms. The fraction of sp³-hybridized carbons (Fsp3) is 0.259. The van der Waals surface area contributed by atoms with Crippen LogP contribution >= 0.6 is 0 Å². The van der Waals surface area contributed by atoms with E-state index in [1.807, 2.05) is 38.1 Å². The molecule has 9 nitrogen and oxygen atoms in total. The van der Waals surface area contributed by atoms with Crippen molar-refractivity contribution >= 4 is 21.6 Å². The first-order valence-corrected chi connectivity index (χ1v) is 13.4. The van der Waals surface area contributed by atoms with Crippen molar-refractivity contribution < 1.29 is 26.8 Å². The van der Waals surface area contributed by atoms with Crippen molar-refractivity contribution in [2.75, 3.05) is 37.7 Å². The number of piperazine rings is 1. The molecule has 0 radical (unpaired) electrons. The maximum absolute atomic E-state index is 13.5. The van der Waals surface area contributed by atoms with Gasteiger partial charge in [-0.05, 0) is 55.8 Å². The lowest BCUT2D eigenvalue weighted by Crippen LogP contribution is -2.50. The molecule has 4 aromatic rings. The summed E-state index contributed by atoms with van der Waals surface area (Å²) in [5, 5.41) is -0.176. The highest BCUT2D eigenvalue weighted by molar-refractivity contribution is 7.91.